The first-order valence-corrected chi connectivity index (χ1v) is 8.05. The maximum atomic E-state index is 11.8. The molecule has 3 atom stereocenters. The Labute approximate surface area is 137 Å². The molecular formula is C17H27N3O3. The number of rotatable bonds is 6. The number of aliphatic hydroxyl groups is 1. The summed E-state index contributed by atoms with van der Waals surface area (Å²) in [5, 5.41) is 16.4. The monoisotopic (exact) mass is 321 g/mol. The van der Waals surface area contributed by atoms with Gasteiger partial charge in [0.1, 0.15) is 6.10 Å². The summed E-state index contributed by atoms with van der Waals surface area (Å²) in [5.41, 5.74) is 0.869. The summed E-state index contributed by atoms with van der Waals surface area (Å²) >= 11 is 0. The number of nitrogens with one attached hydrogen (secondary N) is 2. The molecule has 2 heterocycles. The molecule has 2 rings (SSSR count). The lowest BCUT2D eigenvalue weighted by Crippen LogP contribution is -2.44. The number of amides is 1. The minimum Gasteiger partial charge on any atom is -0.389 e. The Balaban J connectivity index is 1.73. The first-order chi connectivity index (χ1) is 10.8. The van der Waals surface area contributed by atoms with Crippen LogP contribution in [0.4, 0.5) is 0 Å². The van der Waals surface area contributed by atoms with E-state index in [2.05, 4.69) is 15.6 Å². The molecule has 1 aromatic heterocycles. The number of hydrogen-bond donors (Lipinski definition) is 3. The Hall–Kier alpha value is -1.50. The molecule has 0 spiro atoms. The van der Waals surface area contributed by atoms with Gasteiger partial charge in [-0.05, 0) is 17.5 Å². The van der Waals surface area contributed by atoms with Crippen LogP contribution in [0.2, 0.25) is 0 Å². The van der Waals surface area contributed by atoms with E-state index in [1.807, 2.05) is 39.0 Å². The highest BCUT2D eigenvalue weighted by molar-refractivity contribution is 5.76. The van der Waals surface area contributed by atoms with E-state index < -0.39 is 6.10 Å². The third-order valence-electron chi connectivity index (χ3n) is 3.75. The van der Waals surface area contributed by atoms with Crippen LogP contribution in [0.25, 0.3) is 0 Å². The van der Waals surface area contributed by atoms with Crippen molar-refractivity contribution in [1.82, 2.24) is 15.6 Å². The lowest BCUT2D eigenvalue weighted by molar-refractivity contribution is -0.123. The van der Waals surface area contributed by atoms with Gasteiger partial charge < -0.3 is 20.5 Å². The van der Waals surface area contributed by atoms with Crippen molar-refractivity contribution < 1.29 is 14.6 Å². The maximum absolute atomic E-state index is 11.8. The predicted molar refractivity (Wildman–Crippen MR) is 87.7 cm³/mol. The van der Waals surface area contributed by atoms with Crippen LogP contribution >= 0.6 is 0 Å². The molecule has 3 N–H and O–H groups in total. The maximum Gasteiger partial charge on any atom is 0.220 e. The number of hydrogen-bond acceptors (Lipinski definition) is 5. The molecule has 3 unspecified atom stereocenters. The van der Waals surface area contributed by atoms with Crippen molar-refractivity contribution in [3.05, 3.63) is 30.1 Å². The van der Waals surface area contributed by atoms with E-state index >= 15 is 0 Å². The molecule has 1 aliphatic heterocycles. The van der Waals surface area contributed by atoms with Crippen LogP contribution in [0.1, 0.15) is 32.9 Å². The highest BCUT2D eigenvalue weighted by Gasteiger charge is 2.35. The Morgan fingerprint density at radius 1 is 1.43 bits per heavy atom. The fourth-order valence-electron chi connectivity index (χ4n) is 2.54. The molecule has 128 valence electrons. The summed E-state index contributed by atoms with van der Waals surface area (Å²) in [6.45, 7) is 7.39. The number of aliphatic hydroxyl groups excluding tert-OH is 1. The lowest BCUT2D eigenvalue weighted by atomic mass is 9.92. The second-order valence-electron chi connectivity index (χ2n) is 7.21. The standard InChI is InChI=1S/C17H27N3O3/c1-17(2,3)8-15(21)20-10-14-16(22)13(11-23-14)19-9-12-6-4-5-7-18-12/h4-7,13-14,16,19,22H,8-11H2,1-3H3,(H,20,21). The summed E-state index contributed by atoms with van der Waals surface area (Å²) in [4.78, 5) is 16.1. The molecule has 1 aromatic rings. The molecule has 1 amide bonds. The van der Waals surface area contributed by atoms with E-state index in [-0.39, 0.29) is 23.5 Å². The summed E-state index contributed by atoms with van der Waals surface area (Å²) < 4.78 is 5.60. The molecule has 1 saturated heterocycles. The average Bonchev–Trinajstić information content (AvgIpc) is 2.83. The van der Waals surface area contributed by atoms with Crippen LogP contribution in [-0.4, -0.2) is 47.4 Å². The number of ether oxygens (including phenoxy) is 1. The van der Waals surface area contributed by atoms with Gasteiger partial charge >= 0.3 is 0 Å². The predicted octanol–water partition coefficient (Wildman–Crippen LogP) is 0.852. The summed E-state index contributed by atoms with van der Waals surface area (Å²) in [6, 6.07) is 5.58. The fourth-order valence-corrected chi connectivity index (χ4v) is 2.54. The van der Waals surface area contributed by atoms with Crippen LogP contribution in [0.5, 0.6) is 0 Å². The molecule has 6 heteroatoms. The van der Waals surface area contributed by atoms with E-state index in [1.54, 1.807) is 6.20 Å². The van der Waals surface area contributed by atoms with Gasteiger partial charge in [-0.15, -0.1) is 0 Å². The molecule has 1 aliphatic rings. The SMILES string of the molecule is CC(C)(C)CC(=O)NCC1OCC(NCc2ccccn2)C1O. The second kappa shape index (κ2) is 7.86. The Morgan fingerprint density at radius 2 is 2.22 bits per heavy atom. The molecular weight excluding hydrogens is 294 g/mol. The van der Waals surface area contributed by atoms with Crippen molar-refractivity contribution >= 4 is 5.91 Å². The fraction of sp³-hybridized carbons (Fsp3) is 0.647. The summed E-state index contributed by atoms with van der Waals surface area (Å²) in [7, 11) is 0. The van der Waals surface area contributed by atoms with Gasteiger partial charge in [-0.25, -0.2) is 0 Å². The highest BCUT2D eigenvalue weighted by atomic mass is 16.5. The number of nitrogens with zero attached hydrogens (tertiary/aromatic N) is 1. The minimum atomic E-state index is -0.645. The highest BCUT2D eigenvalue weighted by Crippen LogP contribution is 2.18. The van der Waals surface area contributed by atoms with Crippen LogP contribution in [0.15, 0.2) is 24.4 Å². The summed E-state index contributed by atoms with van der Waals surface area (Å²) in [5.74, 6) is -0.0156. The van der Waals surface area contributed by atoms with Crippen molar-refractivity contribution in [2.24, 2.45) is 5.41 Å². The van der Waals surface area contributed by atoms with Gasteiger partial charge in [-0.3, -0.25) is 9.78 Å². The number of carbonyl (C=O) groups excluding carboxylic acids is 1. The van der Waals surface area contributed by atoms with Gasteiger partial charge in [-0.1, -0.05) is 26.8 Å². The van der Waals surface area contributed by atoms with Crippen molar-refractivity contribution in [2.45, 2.75) is 52.0 Å². The molecule has 0 aromatic carbocycles. The minimum absolute atomic E-state index is 0.0156. The zero-order valence-corrected chi connectivity index (χ0v) is 14.1. The molecule has 0 bridgehead atoms. The molecule has 0 saturated carbocycles. The van der Waals surface area contributed by atoms with E-state index in [0.717, 1.165) is 5.69 Å². The molecule has 6 nitrogen and oxygen atoms in total. The Kier molecular flexibility index (Phi) is 6.10. The zero-order chi connectivity index (χ0) is 16.9. The average molecular weight is 321 g/mol. The van der Waals surface area contributed by atoms with Crippen molar-refractivity contribution in [3.63, 3.8) is 0 Å². The molecule has 1 fully saturated rings. The first kappa shape index (κ1) is 17.8. The molecule has 23 heavy (non-hydrogen) atoms. The van der Waals surface area contributed by atoms with Crippen LogP contribution < -0.4 is 10.6 Å². The van der Waals surface area contributed by atoms with Gasteiger partial charge in [0.15, 0.2) is 0 Å². The van der Waals surface area contributed by atoms with Gasteiger partial charge in [0, 0.05) is 25.7 Å². The lowest BCUT2D eigenvalue weighted by Gasteiger charge is -2.21. The quantitative estimate of drug-likeness (QED) is 0.723. The number of carbonyl (C=O) groups is 1. The van der Waals surface area contributed by atoms with E-state index in [0.29, 0.717) is 26.1 Å². The van der Waals surface area contributed by atoms with Crippen LogP contribution in [0.3, 0.4) is 0 Å². The largest absolute Gasteiger partial charge is 0.389 e. The van der Waals surface area contributed by atoms with E-state index in [9.17, 15) is 9.90 Å². The summed E-state index contributed by atoms with van der Waals surface area (Å²) in [6.07, 6.45) is 1.18. The second-order valence-corrected chi connectivity index (χ2v) is 7.21. The number of aromatic nitrogens is 1. The van der Waals surface area contributed by atoms with Gasteiger partial charge in [0.05, 0.1) is 24.4 Å². The molecule has 0 aliphatic carbocycles. The van der Waals surface area contributed by atoms with Crippen molar-refractivity contribution in [3.8, 4) is 0 Å². The Morgan fingerprint density at radius 3 is 2.87 bits per heavy atom. The third-order valence-corrected chi connectivity index (χ3v) is 3.75. The Bertz CT molecular complexity index is 502. The smallest absolute Gasteiger partial charge is 0.220 e. The van der Waals surface area contributed by atoms with Crippen molar-refractivity contribution in [1.29, 1.82) is 0 Å². The normalized spacial score (nSPS) is 24.6. The van der Waals surface area contributed by atoms with E-state index in [1.165, 1.54) is 0 Å². The van der Waals surface area contributed by atoms with Gasteiger partial charge in [-0.2, -0.15) is 0 Å². The third kappa shape index (κ3) is 5.89. The number of pyridine rings is 1. The topological polar surface area (TPSA) is 83.5 Å². The van der Waals surface area contributed by atoms with Crippen LogP contribution in [0, 0.1) is 5.41 Å². The first-order valence-electron chi connectivity index (χ1n) is 8.05. The van der Waals surface area contributed by atoms with Gasteiger partial charge in [0.2, 0.25) is 5.91 Å². The van der Waals surface area contributed by atoms with E-state index in [4.69, 9.17) is 4.74 Å². The van der Waals surface area contributed by atoms with Crippen molar-refractivity contribution in [2.75, 3.05) is 13.2 Å². The van der Waals surface area contributed by atoms with Gasteiger partial charge in [0.25, 0.3) is 0 Å². The molecule has 0 radical (unpaired) electrons. The zero-order valence-electron chi connectivity index (χ0n) is 14.1. The van der Waals surface area contributed by atoms with Crippen LogP contribution in [-0.2, 0) is 16.1 Å².